The van der Waals surface area contributed by atoms with Crippen molar-refractivity contribution < 1.29 is 0 Å². The molecule has 3 aliphatic rings. The zero-order valence-corrected chi connectivity index (χ0v) is 14.5. The number of aryl methyl sites for hydroxylation is 1. The lowest BCUT2D eigenvalue weighted by molar-refractivity contribution is 0.116. The van der Waals surface area contributed by atoms with E-state index in [4.69, 9.17) is 0 Å². The third-order valence-electron chi connectivity index (χ3n) is 6.48. The van der Waals surface area contributed by atoms with Crippen molar-refractivity contribution in [3.8, 4) is 0 Å². The van der Waals surface area contributed by atoms with Crippen molar-refractivity contribution in [3.05, 3.63) is 41.5 Å². The molecule has 2 fully saturated rings. The molecule has 1 atom stereocenters. The maximum atomic E-state index is 4.29. The molecular formula is C21H30N2. The van der Waals surface area contributed by atoms with Gasteiger partial charge in [-0.1, -0.05) is 36.3 Å². The molecule has 124 valence electrons. The summed E-state index contributed by atoms with van der Waals surface area (Å²) in [5.74, 6) is 0. The van der Waals surface area contributed by atoms with E-state index in [-0.39, 0.29) is 0 Å². The first kappa shape index (κ1) is 15.3. The van der Waals surface area contributed by atoms with E-state index in [9.17, 15) is 0 Å². The molecule has 0 bridgehead atoms. The van der Waals surface area contributed by atoms with Gasteiger partial charge in [-0.05, 0) is 70.2 Å². The van der Waals surface area contributed by atoms with Crippen LogP contribution in [0.1, 0.15) is 56.1 Å². The molecule has 0 amide bonds. The van der Waals surface area contributed by atoms with Crippen LogP contribution in [-0.2, 0) is 5.41 Å². The van der Waals surface area contributed by atoms with Gasteiger partial charge < -0.3 is 10.2 Å². The van der Waals surface area contributed by atoms with Crippen LogP contribution >= 0.6 is 0 Å². The molecule has 1 unspecified atom stereocenters. The van der Waals surface area contributed by atoms with Gasteiger partial charge in [0.1, 0.15) is 0 Å². The molecule has 0 aromatic heterocycles. The van der Waals surface area contributed by atoms with Crippen LogP contribution < -0.4 is 5.32 Å². The van der Waals surface area contributed by atoms with Crippen molar-refractivity contribution >= 4 is 5.69 Å². The SMILES string of the molecule is C=C1CCCCC(N2CCC3(CC2)CNc2ccc(C)cc23)C1. The lowest BCUT2D eigenvalue weighted by atomic mass is 9.73. The highest BCUT2D eigenvalue weighted by molar-refractivity contribution is 5.61. The fraction of sp³-hybridized carbons (Fsp3) is 0.619. The summed E-state index contributed by atoms with van der Waals surface area (Å²) in [4.78, 5) is 2.77. The molecule has 1 aromatic rings. The largest absolute Gasteiger partial charge is 0.384 e. The smallest absolute Gasteiger partial charge is 0.0379 e. The van der Waals surface area contributed by atoms with Crippen LogP contribution in [0.5, 0.6) is 0 Å². The molecule has 23 heavy (non-hydrogen) atoms. The Balaban J connectivity index is 1.48. The number of anilines is 1. The molecular weight excluding hydrogens is 280 g/mol. The van der Waals surface area contributed by atoms with Crippen LogP contribution in [0.15, 0.2) is 30.4 Å². The Morgan fingerprint density at radius 2 is 2.04 bits per heavy atom. The van der Waals surface area contributed by atoms with Crippen LogP contribution in [0.3, 0.4) is 0 Å². The van der Waals surface area contributed by atoms with Gasteiger partial charge in [-0.15, -0.1) is 0 Å². The zero-order valence-electron chi connectivity index (χ0n) is 14.5. The summed E-state index contributed by atoms with van der Waals surface area (Å²) in [7, 11) is 0. The van der Waals surface area contributed by atoms with E-state index in [0.29, 0.717) is 5.41 Å². The second kappa shape index (κ2) is 5.98. The number of nitrogens with zero attached hydrogens (tertiary/aromatic N) is 1. The molecule has 1 saturated carbocycles. The van der Waals surface area contributed by atoms with Gasteiger partial charge in [0, 0.05) is 23.7 Å². The number of likely N-dealkylation sites (tertiary alicyclic amines) is 1. The van der Waals surface area contributed by atoms with E-state index >= 15 is 0 Å². The molecule has 2 nitrogen and oxygen atoms in total. The first-order valence-corrected chi connectivity index (χ1v) is 9.42. The maximum Gasteiger partial charge on any atom is 0.0379 e. The number of rotatable bonds is 1. The highest BCUT2D eigenvalue weighted by Crippen LogP contribution is 2.45. The predicted molar refractivity (Wildman–Crippen MR) is 98.2 cm³/mol. The number of hydrogen-bond donors (Lipinski definition) is 1. The van der Waals surface area contributed by atoms with Gasteiger partial charge in [0.25, 0.3) is 0 Å². The van der Waals surface area contributed by atoms with Crippen molar-refractivity contribution in [2.75, 3.05) is 25.0 Å². The summed E-state index contributed by atoms with van der Waals surface area (Å²) >= 11 is 0. The molecule has 2 heterocycles. The van der Waals surface area contributed by atoms with Crippen LogP contribution in [0, 0.1) is 6.92 Å². The molecule has 4 rings (SSSR count). The third-order valence-corrected chi connectivity index (χ3v) is 6.48. The summed E-state index contributed by atoms with van der Waals surface area (Å²) in [6, 6.07) is 7.70. The summed E-state index contributed by atoms with van der Waals surface area (Å²) < 4.78 is 0. The Kier molecular flexibility index (Phi) is 3.96. The minimum atomic E-state index is 0.388. The molecule has 0 radical (unpaired) electrons. The van der Waals surface area contributed by atoms with Crippen molar-refractivity contribution in [2.45, 2.75) is 63.3 Å². The average molecular weight is 310 g/mol. The van der Waals surface area contributed by atoms with Crippen molar-refractivity contribution in [1.82, 2.24) is 4.90 Å². The van der Waals surface area contributed by atoms with Crippen LogP contribution in [0.2, 0.25) is 0 Å². The van der Waals surface area contributed by atoms with E-state index in [1.807, 2.05) is 0 Å². The average Bonchev–Trinajstić information content (AvgIpc) is 2.74. The van der Waals surface area contributed by atoms with Crippen molar-refractivity contribution in [1.29, 1.82) is 0 Å². The normalized spacial score (nSPS) is 27.5. The molecule has 1 spiro atoms. The predicted octanol–water partition coefficient (Wildman–Crippen LogP) is 4.64. The minimum absolute atomic E-state index is 0.388. The summed E-state index contributed by atoms with van der Waals surface area (Å²) in [6.45, 7) is 10.2. The lowest BCUT2D eigenvalue weighted by Gasteiger charge is -2.43. The molecule has 2 aliphatic heterocycles. The Morgan fingerprint density at radius 1 is 1.22 bits per heavy atom. The number of nitrogens with one attached hydrogen (secondary N) is 1. The lowest BCUT2D eigenvalue weighted by Crippen LogP contribution is -2.47. The Hall–Kier alpha value is -1.28. The van der Waals surface area contributed by atoms with Gasteiger partial charge in [-0.3, -0.25) is 0 Å². The quantitative estimate of drug-likeness (QED) is 0.600. The first-order valence-electron chi connectivity index (χ1n) is 9.42. The maximum absolute atomic E-state index is 4.29. The zero-order chi connectivity index (χ0) is 15.9. The summed E-state index contributed by atoms with van der Waals surface area (Å²) in [5.41, 5.74) is 6.24. The van der Waals surface area contributed by atoms with Gasteiger partial charge in [0.2, 0.25) is 0 Å². The van der Waals surface area contributed by atoms with E-state index < -0.39 is 0 Å². The highest BCUT2D eigenvalue weighted by atomic mass is 15.2. The topological polar surface area (TPSA) is 15.3 Å². The number of hydrogen-bond acceptors (Lipinski definition) is 2. The fourth-order valence-corrected chi connectivity index (χ4v) is 4.98. The number of benzene rings is 1. The van der Waals surface area contributed by atoms with E-state index in [0.717, 1.165) is 12.6 Å². The van der Waals surface area contributed by atoms with Gasteiger partial charge in [0.15, 0.2) is 0 Å². The monoisotopic (exact) mass is 310 g/mol. The van der Waals surface area contributed by atoms with E-state index in [2.05, 4.69) is 41.9 Å². The van der Waals surface area contributed by atoms with Gasteiger partial charge >= 0.3 is 0 Å². The Labute approximate surface area is 141 Å². The van der Waals surface area contributed by atoms with Crippen LogP contribution in [-0.4, -0.2) is 30.6 Å². The molecule has 1 aromatic carbocycles. The summed E-state index contributed by atoms with van der Waals surface area (Å²) in [6.07, 6.45) is 9.21. The second-order valence-electron chi connectivity index (χ2n) is 8.07. The van der Waals surface area contributed by atoms with Gasteiger partial charge in [-0.25, -0.2) is 0 Å². The molecule has 2 heteroatoms. The molecule has 1 N–H and O–H groups in total. The number of fused-ring (bicyclic) bond motifs is 2. The molecule has 1 aliphatic carbocycles. The van der Waals surface area contributed by atoms with Crippen molar-refractivity contribution in [3.63, 3.8) is 0 Å². The molecule has 1 saturated heterocycles. The van der Waals surface area contributed by atoms with E-state index in [1.165, 1.54) is 74.9 Å². The first-order chi connectivity index (χ1) is 11.2. The fourth-order valence-electron chi connectivity index (χ4n) is 4.98. The van der Waals surface area contributed by atoms with Crippen LogP contribution in [0.25, 0.3) is 0 Å². The third kappa shape index (κ3) is 2.82. The minimum Gasteiger partial charge on any atom is -0.384 e. The van der Waals surface area contributed by atoms with Crippen molar-refractivity contribution in [2.24, 2.45) is 0 Å². The standard InChI is InChI=1S/C21H30N2/c1-16-5-3-4-6-18(13-16)23-11-9-21(10-12-23)15-22-20-8-7-17(2)14-19(20)21/h7-8,14,18,22H,1,3-6,9-13,15H2,2H3. The second-order valence-corrected chi connectivity index (χ2v) is 8.07. The van der Waals surface area contributed by atoms with Gasteiger partial charge in [-0.2, -0.15) is 0 Å². The van der Waals surface area contributed by atoms with E-state index in [1.54, 1.807) is 5.56 Å². The summed E-state index contributed by atoms with van der Waals surface area (Å²) in [5, 5.41) is 3.67. The Morgan fingerprint density at radius 3 is 2.87 bits per heavy atom. The highest BCUT2D eigenvalue weighted by Gasteiger charge is 2.42. The van der Waals surface area contributed by atoms with Gasteiger partial charge in [0.05, 0.1) is 0 Å². The number of piperidine rings is 1. The van der Waals surface area contributed by atoms with Crippen LogP contribution in [0.4, 0.5) is 5.69 Å². The Bertz CT molecular complexity index is 596.